The molecule has 0 bridgehead atoms. The largest absolute Gasteiger partial charge is 0.460 e. The highest BCUT2D eigenvalue weighted by Crippen LogP contribution is 2.09. The molecule has 0 aliphatic heterocycles. The molecule has 0 aromatic carbocycles. The zero-order chi connectivity index (χ0) is 42.7. The summed E-state index contributed by atoms with van der Waals surface area (Å²) in [7, 11) is 0. The smallest absolute Gasteiger partial charge is 0.308 e. The van der Waals surface area contributed by atoms with Crippen LogP contribution in [-0.4, -0.2) is 208 Å². The number of carbonyl (C=O) groups is 2. The SMILES string of the molecule is CC(C)(C)OC(=O)CCOCCOCCOCCOCCOCCOCCOCCOCCOCCOCCOCCOCCOCCOCCC(=O)OC(C)(C)C. The van der Waals surface area contributed by atoms with Gasteiger partial charge in [0.1, 0.15) is 11.2 Å². The molecule has 0 N–H and O–H groups in total. The Morgan fingerprint density at radius 2 is 0.362 bits per heavy atom. The minimum Gasteiger partial charge on any atom is -0.460 e. The third-order valence-electron chi connectivity index (χ3n) is 6.58. The molecule has 0 heterocycles. The van der Waals surface area contributed by atoms with Crippen LogP contribution in [0.2, 0.25) is 0 Å². The van der Waals surface area contributed by atoms with Crippen LogP contribution in [0.1, 0.15) is 54.4 Å². The first-order chi connectivity index (χ1) is 28.0. The van der Waals surface area contributed by atoms with Crippen molar-refractivity contribution >= 4 is 11.9 Å². The third kappa shape index (κ3) is 50.5. The van der Waals surface area contributed by atoms with Crippen LogP contribution in [0, 0.1) is 0 Å². The lowest BCUT2D eigenvalue weighted by Gasteiger charge is -2.19. The Balaban J connectivity index is 3.13. The molecule has 18 nitrogen and oxygen atoms in total. The fourth-order valence-electron chi connectivity index (χ4n) is 4.06. The van der Waals surface area contributed by atoms with Gasteiger partial charge in [0.05, 0.1) is 198 Å². The molecule has 0 fully saturated rings. The third-order valence-corrected chi connectivity index (χ3v) is 6.58. The molecule has 0 aliphatic rings. The molecular formula is C40H78O18. The van der Waals surface area contributed by atoms with Crippen molar-refractivity contribution in [1.29, 1.82) is 0 Å². The van der Waals surface area contributed by atoms with E-state index in [2.05, 4.69) is 0 Å². The highest BCUT2D eigenvalue weighted by atomic mass is 16.6. The van der Waals surface area contributed by atoms with Gasteiger partial charge in [-0.1, -0.05) is 0 Å². The van der Waals surface area contributed by atoms with E-state index in [0.29, 0.717) is 185 Å². The second-order valence-electron chi connectivity index (χ2n) is 14.2. The van der Waals surface area contributed by atoms with Crippen LogP contribution in [0.3, 0.4) is 0 Å². The van der Waals surface area contributed by atoms with E-state index in [0.717, 1.165) is 0 Å². The van der Waals surface area contributed by atoms with E-state index in [4.69, 9.17) is 75.8 Å². The Labute approximate surface area is 347 Å². The molecule has 0 aromatic heterocycles. The molecule has 0 saturated carbocycles. The first kappa shape index (κ1) is 56.4. The predicted molar refractivity (Wildman–Crippen MR) is 212 cm³/mol. The van der Waals surface area contributed by atoms with Gasteiger partial charge in [0, 0.05) is 0 Å². The summed E-state index contributed by atoms with van der Waals surface area (Å²) in [5.41, 5.74) is -0.959. The Bertz CT molecular complexity index is 813. The van der Waals surface area contributed by atoms with Crippen molar-refractivity contribution in [2.45, 2.75) is 65.6 Å². The maximum Gasteiger partial charge on any atom is 0.308 e. The number of hydrogen-bond donors (Lipinski definition) is 0. The van der Waals surface area contributed by atoms with Crippen molar-refractivity contribution in [3.63, 3.8) is 0 Å². The zero-order valence-electron chi connectivity index (χ0n) is 36.6. The Hall–Kier alpha value is -1.62. The number of ether oxygens (including phenoxy) is 16. The molecule has 0 saturated heterocycles. The highest BCUT2D eigenvalue weighted by molar-refractivity contribution is 5.70. The van der Waals surface area contributed by atoms with Crippen LogP contribution >= 0.6 is 0 Å². The molecule has 18 heteroatoms. The van der Waals surface area contributed by atoms with Crippen molar-refractivity contribution in [1.82, 2.24) is 0 Å². The lowest BCUT2D eigenvalue weighted by Crippen LogP contribution is -2.24. The zero-order valence-corrected chi connectivity index (χ0v) is 36.6. The van der Waals surface area contributed by atoms with Gasteiger partial charge in [-0.2, -0.15) is 0 Å². The van der Waals surface area contributed by atoms with Gasteiger partial charge in [-0.05, 0) is 41.5 Å². The van der Waals surface area contributed by atoms with E-state index in [1.54, 1.807) is 0 Å². The Morgan fingerprint density at radius 3 is 0.483 bits per heavy atom. The lowest BCUT2D eigenvalue weighted by molar-refractivity contribution is -0.157. The molecule has 0 rings (SSSR count). The molecule has 0 aliphatic carbocycles. The van der Waals surface area contributed by atoms with Crippen molar-refractivity contribution in [3.05, 3.63) is 0 Å². The molecular weight excluding hydrogens is 768 g/mol. The van der Waals surface area contributed by atoms with Crippen LogP contribution in [0.15, 0.2) is 0 Å². The summed E-state index contributed by atoms with van der Waals surface area (Å²) in [6.07, 6.45) is 0.452. The van der Waals surface area contributed by atoms with E-state index < -0.39 is 11.2 Å². The maximum atomic E-state index is 11.6. The summed E-state index contributed by atoms with van der Waals surface area (Å²) in [6, 6.07) is 0. The molecule has 0 radical (unpaired) electrons. The fourth-order valence-corrected chi connectivity index (χ4v) is 4.06. The molecule has 0 amide bonds. The number of carbonyl (C=O) groups excluding carboxylic acids is 2. The molecule has 0 aromatic rings. The number of rotatable bonds is 45. The summed E-state index contributed by atoms with van der Waals surface area (Å²) in [4.78, 5) is 23.2. The maximum absolute atomic E-state index is 11.6. The average Bonchev–Trinajstić information content (AvgIpc) is 3.15. The van der Waals surface area contributed by atoms with Gasteiger partial charge in [0.25, 0.3) is 0 Å². The summed E-state index contributed by atoms with van der Waals surface area (Å²) in [5.74, 6) is -0.539. The summed E-state index contributed by atoms with van der Waals surface area (Å²) >= 11 is 0. The van der Waals surface area contributed by atoms with E-state index in [9.17, 15) is 9.59 Å². The van der Waals surface area contributed by atoms with Gasteiger partial charge in [-0.15, -0.1) is 0 Å². The van der Waals surface area contributed by atoms with Gasteiger partial charge in [0.15, 0.2) is 0 Å². The van der Waals surface area contributed by atoms with Crippen molar-refractivity contribution < 1.29 is 85.4 Å². The van der Waals surface area contributed by atoms with Crippen LogP contribution in [-0.2, 0) is 85.4 Å². The first-order valence-corrected chi connectivity index (χ1v) is 20.5. The van der Waals surface area contributed by atoms with Crippen molar-refractivity contribution in [2.24, 2.45) is 0 Å². The first-order valence-electron chi connectivity index (χ1n) is 20.5. The Morgan fingerprint density at radius 1 is 0.241 bits per heavy atom. The van der Waals surface area contributed by atoms with E-state index >= 15 is 0 Å². The van der Waals surface area contributed by atoms with Gasteiger partial charge in [0.2, 0.25) is 0 Å². The van der Waals surface area contributed by atoms with Gasteiger partial charge >= 0.3 is 11.9 Å². The van der Waals surface area contributed by atoms with E-state index in [1.165, 1.54) is 0 Å². The summed E-state index contributed by atoms with van der Waals surface area (Å²) < 4.78 is 86.8. The monoisotopic (exact) mass is 847 g/mol. The Kier molecular flexibility index (Phi) is 40.9. The average molecular weight is 847 g/mol. The predicted octanol–water partition coefficient (Wildman–Crippen LogP) is 2.68. The van der Waals surface area contributed by atoms with Crippen LogP contribution in [0.5, 0.6) is 0 Å². The highest BCUT2D eigenvalue weighted by Gasteiger charge is 2.16. The number of esters is 2. The topological polar surface area (TPSA) is 182 Å². The van der Waals surface area contributed by atoms with Crippen LogP contribution in [0.25, 0.3) is 0 Å². The van der Waals surface area contributed by atoms with Crippen LogP contribution < -0.4 is 0 Å². The molecule has 0 spiro atoms. The van der Waals surface area contributed by atoms with Gasteiger partial charge in [-0.25, -0.2) is 0 Å². The second-order valence-corrected chi connectivity index (χ2v) is 14.2. The minimum atomic E-state index is -0.480. The summed E-state index contributed by atoms with van der Waals surface area (Å²) in [6.45, 7) is 23.9. The minimum absolute atomic E-state index is 0.226. The van der Waals surface area contributed by atoms with E-state index in [1.807, 2.05) is 41.5 Å². The standard InChI is InChI=1S/C40H78O18/c1-39(2,3)57-37(41)7-9-43-11-13-45-15-17-47-19-21-49-23-25-51-27-29-53-31-33-55-35-36-56-34-32-54-30-28-52-26-24-50-22-20-48-18-16-46-14-12-44-10-8-38(42)58-40(4,5)6/h7-36H2,1-6H3. The molecule has 0 atom stereocenters. The molecule has 58 heavy (non-hydrogen) atoms. The number of hydrogen-bond acceptors (Lipinski definition) is 18. The quantitative estimate of drug-likeness (QED) is 0.0644. The molecule has 0 unspecified atom stereocenters. The normalized spacial score (nSPS) is 12.0. The molecule has 346 valence electrons. The fraction of sp³-hybridized carbons (Fsp3) is 0.950. The van der Waals surface area contributed by atoms with Gasteiger partial charge < -0.3 is 75.8 Å². The van der Waals surface area contributed by atoms with E-state index in [-0.39, 0.29) is 24.8 Å². The van der Waals surface area contributed by atoms with Crippen molar-refractivity contribution in [3.8, 4) is 0 Å². The lowest BCUT2D eigenvalue weighted by atomic mass is 10.2. The second kappa shape index (κ2) is 42.1. The van der Waals surface area contributed by atoms with Gasteiger partial charge in [-0.3, -0.25) is 9.59 Å². The van der Waals surface area contributed by atoms with Crippen molar-refractivity contribution in [2.75, 3.05) is 185 Å². The van der Waals surface area contributed by atoms with Crippen LogP contribution in [0.4, 0.5) is 0 Å². The summed E-state index contributed by atoms with van der Waals surface area (Å²) in [5, 5.41) is 0.